The molecule has 4 nitrogen and oxygen atoms in total. The molecule has 2 rings (SSSR count). The Bertz CT molecular complexity index is 466. The van der Waals surface area contributed by atoms with Crippen molar-refractivity contribution in [2.75, 3.05) is 32.8 Å². The van der Waals surface area contributed by atoms with E-state index in [-0.39, 0.29) is 5.91 Å². The SMILES string of the molecule is CCOc1ccc(CCC(=O)N2CCCNCC2)c(C)c1. The Labute approximate surface area is 127 Å². The van der Waals surface area contributed by atoms with Gasteiger partial charge in [0.25, 0.3) is 0 Å². The molecule has 0 radical (unpaired) electrons. The summed E-state index contributed by atoms with van der Waals surface area (Å²) in [5.41, 5.74) is 2.44. The maximum Gasteiger partial charge on any atom is 0.222 e. The van der Waals surface area contributed by atoms with E-state index in [1.807, 2.05) is 17.9 Å². The van der Waals surface area contributed by atoms with Crippen LogP contribution in [-0.4, -0.2) is 43.6 Å². The average molecular weight is 290 g/mol. The summed E-state index contributed by atoms with van der Waals surface area (Å²) >= 11 is 0. The predicted molar refractivity (Wildman–Crippen MR) is 84.7 cm³/mol. The molecule has 0 aliphatic carbocycles. The summed E-state index contributed by atoms with van der Waals surface area (Å²) in [6.45, 7) is 8.39. The lowest BCUT2D eigenvalue weighted by atomic mass is 10.0. The van der Waals surface area contributed by atoms with Crippen molar-refractivity contribution < 1.29 is 9.53 Å². The molecule has 0 spiro atoms. The van der Waals surface area contributed by atoms with Crippen molar-refractivity contribution in [1.82, 2.24) is 10.2 Å². The fourth-order valence-electron chi connectivity index (χ4n) is 2.70. The molecule has 1 aliphatic heterocycles. The molecule has 1 heterocycles. The van der Waals surface area contributed by atoms with Gasteiger partial charge in [0.15, 0.2) is 0 Å². The van der Waals surface area contributed by atoms with Crippen molar-refractivity contribution in [2.24, 2.45) is 0 Å². The van der Waals surface area contributed by atoms with E-state index in [9.17, 15) is 4.79 Å². The lowest BCUT2D eigenvalue weighted by Gasteiger charge is -2.20. The summed E-state index contributed by atoms with van der Waals surface area (Å²) < 4.78 is 5.49. The molecule has 116 valence electrons. The number of carbonyl (C=O) groups is 1. The Morgan fingerprint density at radius 3 is 2.95 bits per heavy atom. The smallest absolute Gasteiger partial charge is 0.222 e. The van der Waals surface area contributed by atoms with Crippen LogP contribution in [-0.2, 0) is 11.2 Å². The molecular formula is C17H26N2O2. The van der Waals surface area contributed by atoms with E-state index in [2.05, 4.69) is 24.4 Å². The van der Waals surface area contributed by atoms with Gasteiger partial charge in [-0.1, -0.05) is 6.07 Å². The van der Waals surface area contributed by atoms with Crippen LogP contribution >= 0.6 is 0 Å². The number of amides is 1. The third kappa shape index (κ3) is 4.74. The Hall–Kier alpha value is -1.55. The molecule has 21 heavy (non-hydrogen) atoms. The van der Waals surface area contributed by atoms with E-state index >= 15 is 0 Å². The fourth-order valence-corrected chi connectivity index (χ4v) is 2.70. The van der Waals surface area contributed by atoms with Gasteiger partial charge in [-0.3, -0.25) is 4.79 Å². The Morgan fingerprint density at radius 2 is 2.19 bits per heavy atom. The highest BCUT2D eigenvalue weighted by atomic mass is 16.5. The van der Waals surface area contributed by atoms with Crippen LogP contribution in [0.2, 0.25) is 0 Å². The Kier molecular flexibility index (Phi) is 6.05. The van der Waals surface area contributed by atoms with E-state index in [1.165, 1.54) is 11.1 Å². The molecule has 1 saturated heterocycles. The van der Waals surface area contributed by atoms with Crippen molar-refractivity contribution >= 4 is 5.91 Å². The third-order valence-corrected chi connectivity index (χ3v) is 3.93. The van der Waals surface area contributed by atoms with Crippen LogP contribution in [0.15, 0.2) is 18.2 Å². The van der Waals surface area contributed by atoms with Crippen molar-refractivity contribution in [1.29, 1.82) is 0 Å². The van der Waals surface area contributed by atoms with E-state index in [4.69, 9.17) is 4.74 Å². The summed E-state index contributed by atoms with van der Waals surface area (Å²) in [4.78, 5) is 14.3. The first-order valence-electron chi connectivity index (χ1n) is 7.91. The lowest BCUT2D eigenvalue weighted by Crippen LogP contribution is -2.34. The number of carbonyl (C=O) groups excluding carboxylic acids is 1. The van der Waals surface area contributed by atoms with Gasteiger partial charge in [-0.05, 0) is 56.5 Å². The van der Waals surface area contributed by atoms with E-state index in [0.29, 0.717) is 13.0 Å². The number of nitrogens with one attached hydrogen (secondary N) is 1. The summed E-state index contributed by atoms with van der Waals surface area (Å²) in [7, 11) is 0. The van der Waals surface area contributed by atoms with Crippen molar-refractivity contribution in [3.8, 4) is 5.75 Å². The second kappa shape index (κ2) is 8.03. The number of ether oxygens (including phenoxy) is 1. The molecule has 0 bridgehead atoms. The molecule has 1 N–H and O–H groups in total. The molecule has 1 aliphatic rings. The summed E-state index contributed by atoms with van der Waals surface area (Å²) in [6.07, 6.45) is 2.45. The highest BCUT2D eigenvalue weighted by Gasteiger charge is 2.15. The van der Waals surface area contributed by atoms with Gasteiger partial charge in [0.1, 0.15) is 5.75 Å². The zero-order chi connectivity index (χ0) is 15.1. The highest BCUT2D eigenvalue weighted by Crippen LogP contribution is 2.19. The van der Waals surface area contributed by atoms with Gasteiger partial charge < -0.3 is 15.0 Å². The highest BCUT2D eigenvalue weighted by molar-refractivity contribution is 5.76. The van der Waals surface area contributed by atoms with Crippen LogP contribution in [0.25, 0.3) is 0 Å². The van der Waals surface area contributed by atoms with Gasteiger partial charge in [0.05, 0.1) is 6.61 Å². The maximum atomic E-state index is 12.3. The molecular weight excluding hydrogens is 264 g/mol. The zero-order valence-corrected chi connectivity index (χ0v) is 13.2. The monoisotopic (exact) mass is 290 g/mol. The minimum atomic E-state index is 0.270. The number of hydrogen-bond acceptors (Lipinski definition) is 3. The number of hydrogen-bond donors (Lipinski definition) is 1. The van der Waals surface area contributed by atoms with Crippen molar-refractivity contribution in [3.05, 3.63) is 29.3 Å². The maximum absolute atomic E-state index is 12.3. The summed E-state index contributed by atoms with van der Waals surface area (Å²) in [6, 6.07) is 6.13. The van der Waals surface area contributed by atoms with Crippen LogP contribution in [0.5, 0.6) is 5.75 Å². The first-order chi connectivity index (χ1) is 10.2. The quantitative estimate of drug-likeness (QED) is 0.903. The second-order valence-electron chi connectivity index (χ2n) is 5.51. The minimum Gasteiger partial charge on any atom is -0.494 e. The molecule has 0 saturated carbocycles. The molecule has 0 unspecified atom stereocenters. The van der Waals surface area contributed by atoms with Gasteiger partial charge in [-0.2, -0.15) is 0 Å². The first kappa shape index (κ1) is 15.8. The number of rotatable bonds is 5. The number of nitrogens with zero attached hydrogens (tertiary/aromatic N) is 1. The van der Waals surface area contributed by atoms with Crippen LogP contribution in [0.3, 0.4) is 0 Å². The minimum absolute atomic E-state index is 0.270. The fraction of sp³-hybridized carbons (Fsp3) is 0.588. The summed E-state index contributed by atoms with van der Waals surface area (Å²) in [5.74, 6) is 1.18. The first-order valence-corrected chi connectivity index (χ1v) is 7.91. The number of aryl methyl sites for hydroxylation is 2. The topological polar surface area (TPSA) is 41.6 Å². The van der Waals surface area contributed by atoms with Gasteiger partial charge in [0.2, 0.25) is 5.91 Å². The van der Waals surface area contributed by atoms with E-state index in [1.54, 1.807) is 0 Å². The standard InChI is InChI=1S/C17H26N2O2/c1-3-21-16-7-5-15(14(2)13-16)6-8-17(20)19-11-4-9-18-10-12-19/h5,7,13,18H,3-4,6,8-12H2,1-2H3. The molecule has 0 atom stereocenters. The molecule has 0 aromatic heterocycles. The van der Waals surface area contributed by atoms with Gasteiger partial charge >= 0.3 is 0 Å². The second-order valence-corrected chi connectivity index (χ2v) is 5.51. The van der Waals surface area contributed by atoms with Gasteiger partial charge in [-0.25, -0.2) is 0 Å². The molecule has 1 aromatic rings. The van der Waals surface area contributed by atoms with Crippen molar-refractivity contribution in [2.45, 2.75) is 33.1 Å². The van der Waals surface area contributed by atoms with Crippen LogP contribution in [0.1, 0.15) is 30.9 Å². The largest absolute Gasteiger partial charge is 0.494 e. The average Bonchev–Trinajstić information content (AvgIpc) is 2.75. The van der Waals surface area contributed by atoms with Crippen LogP contribution in [0, 0.1) is 6.92 Å². The molecule has 1 aromatic carbocycles. The number of benzene rings is 1. The molecule has 1 fully saturated rings. The third-order valence-electron chi connectivity index (χ3n) is 3.93. The van der Waals surface area contributed by atoms with Gasteiger partial charge in [-0.15, -0.1) is 0 Å². The Morgan fingerprint density at radius 1 is 1.33 bits per heavy atom. The van der Waals surface area contributed by atoms with Crippen molar-refractivity contribution in [3.63, 3.8) is 0 Å². The predicted octanol–water partition coefficient (Wildman–Crippen LogP) is 2.15. The normalized spacial score (nSPS) is 15.6. The molecule has 4 heteroatoms. The zero-order valence-electron chi connectivity index (χ0n) is 13.2. The Balaban J connectivity index is 1.88. The van der Waals surface area contributed by atoms with E-state index in [0.717, 1.165) is 44.8 Å². The van der Waals surface area contributed by atoms with Crippen LogP contribution in [0.4, 0.5) is 0 Å². The van der Waals surface area contributed by atoms with E-state index < -0.39 is 0 Å². The summed E-state index contributed by atoms with van der Waals surface area (Å²) in [5, 5.41) is 3.33. The van der Waals surface area contributed by atoms with Gasteiger partial charge in [0, 0.05) is 26.1 Å². The molecule has 1 amide bonds. The lowest BCUT2D eigenvalue weighted by molar-refractivity contribution is -0.130. The van der Waals surface area contributed by atoms with Crippen LogP contribution < -0.4 is 10.1 Å².